The third kappa shape index (κ3) is 2.79. The number of benzene rings is 2. The summed E-state index contributed by atoms with van der Waals surface area (Å²) in [7, 11) is 0. The highest BCUT2D eigenvalue weighted by molar-refractivity contribution is 8.00. The van der Waals surface area contributed by atoms with Crippen molar-refractivity contribution in [1.82, 2.24) is 5.32 Å². The lowest BCUT2D eigenvalue weighted by molar-refractivity contribution is 0.458. The first-order valence-corrected chi connectivity index (χ1v) is 8.36. The second-order valence-electron chi connectivity index (χ2n) is 5.49. The fourth-order valence-electron chi connectivity index (χ4n) is 2.84. The molecule has 1 aliphatic rings. The van der Waals surface area contributed by atoms with Crippen LogP contribution in [0.3, 0.4) is 0 Å². The first kappa shape index (κ1) is 13.8. The van der Waals surface area contributed by atoms with Gasteiger partial charge in [0, 0.05) is 28.8 Å². The highest BCUT2D eigenvalue weighted by Crippen LogP contribution is 2.33. The molecule has 0 bridgehead atoms. The zero-order valence-corrected chi connectivity index (χ0v) is 12.6. The Hall–Kier alpha value is -1.19. The number of aromatic hydroxyl groups is 1. The lowest BCUT2D eigenvalue weighted by Crippen LogP contribution is -2.26. The minimum Gasteiger partial charge on any atom is -0.507 e. The SMILES string of the molecule is CC(NCC1CCCS1)c1ccc2ccccc2c1O. The van der Waals surface area contributed by atoms with Crippen LogP contribution in [0.5, 0.6) is 5.75 Å². The Bertz CT molecular complexity index is 593. The number of fused-ring (bicyclic) bond motifs is 1. The second-order valence-corrected chi connectivity index (χ2v) is 6.90. The van der Waals surface area contributed by atoms with Gasteiger partial charge in [-0.3, -0.25) is 0 Å². The molecule has 1 aliphatic heterocycles. The number of rotatable bonds is 4. The number of phenols is 1. The van der Waals surface area contributed by atoms with Gasteiger partial charge in [-0.05, 0) is 30.9 Å². The molecule has 1 heterocycles. The summed E-state index contributed by atoms with van der Waals surface area (Å²) in [6.07, 6.45) is 2.65. The van der Waals surface area contributed by atoms with Crippen LogP contribution in [0.2, 0.25) is 0 Å². The zero-order valence-electron chi connectivity index (χ0n) is 11.8. The smallest absolute Gasteiger partial charge is 0.128 e. The number of phenolic OH excluding ortho intramolecular Hbond substituents is 1. The molecule has 2 aromatic carbocycles. The van der Waals surface area contributed by atoms with Crippen molar-refractivity contribution in [3.8, 4) is 5.75 Å². The molecule has 2 aromatic rings. The highest BCUT2D eigenvalue weighted by atomic mass is 32.2. The van der Waals surface area contributed by atoms with Crippen LogP contribution in [0.1, 0.15) is 31.4 Å². The van der Waals surface area contributed by atoms with Crippen molar-refractivity contribution in [3.63, 3.8) is 0 Å². The first-order valence-electron chi connectivity index (χ1n) is 7.31. The number of hydrogen-bond donors (Lipinski definition) is 2. The maximum atomic E-state index is 10.5. The summed E-state index contributed by atoms with van der Waals surface area (Å²) < 4.78 is 0. The van der Waals surface area contributed by atoms with Crippen LogP contribution < -0.4 is 5.32 Å². The van der Waals surface area contributed by atoms with Crippen LogP contribution in [0, 0.1) is 0 Å². The molecule has 0 spiro atoms. The van der Waals surface area contributed by atoms with E-state index in [9.17, 15) is 5.11 Å². The van der Waals surface area contributed by atoms with Gasteiger partial charge in [0.15, 0.2) is 0 Å². The third-order valence-corrected chi connectivity index (χ3v) is 5.47. The van der Waals surface area contributed by atoms with Crippen molar-refractivity contribution < 1.29 is 5.11 Å². The van der Waals surface area contributed by atoms with Gasteiger partial charge in [0.2, 0.25) is 0 Å². The summed E-state index contributed by atoms with van der Waals surface area (Å²) in [5.74, 6) is 1.71. The van der Waals surface area contributed by atoms with E-state index >= 15 is 0 Å². The summed E-state index contributed by atoms with van der Waals surface area (Å²) in [5, 5.41) is 16.8. The molecule has 3 rings (SSSR count). The molecule has 0 amide bonds. The molecule has 2 unspecified atom stereocenters. The van der Waals surface area contributed by atoms with Gasteiger partial charge in [0.25, 0.3) is 0 Å². The Morgan fingerprint density at radius 3 is 2.95 bits per heavy atom. The maximum Gasteiger partial charge on any atom is 0.128 e. The molecule has 0 saturated carbocycles. The minimum atomic E-state index is 0.181. The zero-order chi connectivity index (χ0) is 13.9. The molecule has 0 radical (unpaired) electrons. The molecule has 0 aliphatic carbocycles. The van der Waals surface area contributed by atoms with E-state index in [1.807, 2.05) is 30.3 Å². The molecule has 1 saturated heterocycles. The predicted molar refractivity (Wildman–Crippen MR) is 87.5 cm³/mol. The molecular formula is C17H21NOS. The Morgan fingerprint density at radius 2 is 2.15 bits per heavy atom. The third-order valence-electron chi connectivity index (χ3n) is 4.07. The number of hydrogen-bond acceptors (Lipinski definition) is 3. The summed E-state index contributed by atoms with van der Waals surface area (Å²) in [6.45, 7) is 3.15. The Labute approximate surface area is 124 Å². The van der Waals surface area contributed by atoms with Crippen LogP contribution in [0.4, 0.5) is 0 Å². The van der Waals surface area contributed by atoms with Crippen LogP contribution in [-0.2, 0) is 0 Å². The van der Waals surface area contributed by atoms with E-state index < -0.39 is 0 Å². The first-order chi connectivity index (χ1) is 9.75. The molecule has 20 heavy (non-hydrogen) atoms. The van der Waals surface area contributed by atoms with Gasteiger partial charge in [-0.2, -0.15) is 11.8 Å². The van der Waals surface area contributed by atoms with Crippen molar-refractivity contribution in [2.24, 2.45) is 0 Å². The van der Waals surface area contributed by atoms with Gasteiger partial charge in [0.1, 0.15) is 5.75 Å². The van der Waals surface area contributed by atoms with Crippen molar-refractivity contribution in [1.29, 1.82) is 0 Å². The van der Waals surface area contributed by atoms with E-state index in [4.69, 9.17) is 0 Å². The van der Waals surface area contributed by atoms with Crippen molar-refractivity contribution in [3.05, 3.63) is 42.0 Å². The van der Waals surface area contributed by atoms with Crippen molar-refractivity contribution in [2.75, 3.05) is 12.3 Å². The Balaban J connectivity index is 1.76. The largest absolute Gasteiger partial charge is 0.507 e. The molecule has 1 fully saturated rings. The van der Waals surface area contributed by atoms with Crippen molar-refractivity contribution >= 4 is 22.5 Å². The van der Waals surface area contributed by atoms with Gasteiger partial charge in [-0.15, -0.1) is 0 Å². The molecule has 106 valence electrons. The summed E-state index contributed by atoms with van der Waals surface area (Å²) in [6, 6.07) is 12.3. The van der Waals surface area contributed by atoms with Gasteiger partial charge < -0.3 is 10.4 Å². The average molecular weight is 287 g/mol. The standard InChI is InChI=1S/C17H21NOS/c1-12(18-11-14-6-4-10-20-14)15-9-8-13-5-2-3-7-16(13)17(15)19/h2-3,5,7-9,12,14,18-19H,4,6,10-11H2,1H3. The van der Waals surface area contributed by atoms with E-state index in [0.29, 0.717) is 5.75 Å². The monoisotopic (exact) mass is 287 g/mol. The van der Waals surface area contributed by atoms with E-state index in [-0.39, 0.29) is 6.04 Å². The average Bonchev–Trinajstić information content (AvgIpc) is 2.99. The van der Waals surface area contributed by atoms with Crippen LogP contribution in [0.15, 0.2) is 36.4 Å². The minimum absolute atomic E-state index is 0.181. The molecular weight excluding hydrogens is 266 g/mol. The van der Waals surface area contributed by atoms with Crippen LogP contribution in [0.25, 0.3) is 10.8 Å². The van der Waals surface area contributed by atoms with E-state index in [1.165, 1.54) is 18.6 Å². The molecule has 2 atom stereocenters. The van der Waals surface area contributed by atoms with Gasteiger partial charge in [-0.25, -0.2) is 0 Å². The summed E-state index contributed by atoms with van der Waals surface area (Å²) >= 11 is 2.06. The van der Waals surface area contributed by atoms with E-state index in [2.05, 4.69) is 30.1 Å². The quantitative estimate of drug-likeness (QED) is 0.888. The predicted octanol–water partition coefficient (Wildman–Crippen LogP) is 4.09. The number of nitrogens with one attached hydrogen (secondary N) is 1. The molecule has 2 nitrogen and oxygen atoms in total. The van der Waals surface area contributed by atoms with Crippen LogP contribution >= 0.6 is 11.8 Å². The topological polar surface area (TPSA) is 32.3 Å². The van der Waals surface area contributed by atoms with Crippen LogP contribution in [-0.4, -0.2) is 22.7 Å². The van der Waals surface area contributed by atoms with Crippen molar-refractivity contribution in [2.45, 2.75) is 31.1 Å². The van der Waals surface area contributed by atoms with E-state index in [1.54, 1.807) is 0 Å². The number of thioether (sulfide) groups is 1. The van der Waals surface area contributed by atoms with E-state index in [0.717, 1.165) is 28.1 Å². The fourth-order valence-corrected chi connectivity index (χ4v) is 4.06. The lowest BCUT2D eigenvalue weighted by Gasteiger charge is -2.19. The second kappa shape index (κ2) is 6.06. The lowest BCUT2D eigenvalue weighted by atomic mass is 10.0. The van der Waals surface area contributed by atoms with Gasteiger partial charge in [-0.1, -0.05) is 36.4 Å². The summed E-state index contributed by atoms with van der Waals surface area (Å²) in [4.78, 5) is 0. The molecule has 3 heteroatoms. The highest BCUT2D eigenvalue weighted by Gasteiger charge is 2.18. The summed E-state index contributed by atoms with van der Waals surface area (Å²) in [5.41, 5.74) is 0.992. The Morgan fingerprint density at radius 1 is 1.30 bits per heavy atom. The molecule has 2 N–H and O–H groups in total. The fraction of sp³-hybridized carbons (Fsp3) is 0.412. The maximum absolute atomic E-state index is 10.5. The normalized spacial score (nSPS) is 20.4. The molecule has 0 aromatic heterocycles. The van der Waals surface area contributed by atoms with Gasteiger partial charge >= 0.3 is 0 Å². The van der Waals surface area contributed by atoms with Gasteiger partial charge in [0.05, 0.1) is 0 Å². The Kier molecular flexibility index (Phi) is 4.18.